The van der Waals surface area contributed by atoms with Crippen LogP contribution in [0, 0.1) is 13.8 Å². The highest BCUT2D eigenvalue weighted by Crippen LogP contribution is 2.31. The molecule has 0 bridgehead atoms. The summed E-state index contributed by atoms with van der Waals surface area (Å²) in [6, 6.07) is 11.4. The molecule has 1 aromatic heterocycles. The van der Waals surface area contributed by atoms with Crippen LogP contribution in [0.4, 0.5) is 5.69 Å². The number of aromatic nitrogens is 1. The number of hydrogen-bond donors (Lipinski definition) is 0. The van der Waals surface area contributed by atoms with Crippen molar-refractivity contribution in [2.45, 2.75) is 33.8 Å². The summed E-state index contributed by atoms with van der Waals surface area (Å²) in [5.74, 6) is 0.125. The Bertz CT molecular complexity index is 1360. The van der Waals surface area contributed by atoms with E-state index in [0.29, 0.717) is 35.7 Å². The number of hydrogen-bond acceptors (Lipinski definition) is 8. The molecule has 0 fully saturated rings. The van der Waals surface area contributed by atoms with E-state index in [1.807, 2.05) is 6.92 Å². The minimum Gasteiger partial charge on any atom is -0.489 e. The normalized spacial score (nSPS) is 12.9. The molecular formula is C25H26N2O7S. The van der Waals surface area contributed by atoms with Gasteiger partial charge in [0.05, 0.1) is 28.3 Å². The van der Waals surface area contributed by atoms with Gasteiger partial charge < -0.3 is 14.0 Å². The van der Waals surface area contributed by atoms with Gasteiger partial charge in [0, 0.05) is 12.1 Å². The molecule has 35 heavy (non-hydrogen) atoms. The standard InChI is InChI=1S/C25H26N2O7S/c1-4-35(30,31)27-11-10-18-12-19(8-9-23(18)27)24(28)15-33-25(29)20-6-5-7-21(13-20)32-14-22-16(2)26-34-17(22)3/h5-9,12-13H,4,10-11,14-15H2,1-3H3. The van der Waals surface area contributed by atoms with Gasteiger partial charge in [-0.05, 0) is 69.2 Å². The number of fused-ring (bicyclic) bond motifs is 1. The van der Waals surface area contributed by atoms with Gasteiger partial charge in [-0.1, -0.05) is 11.2 Å². The maximum Gasteiger partial charge on any atom is 0.338 e. The number of carbonyl (C=O) groups excluding carboxylic acids is 2. The fourth-order valence-corrected chi connectivity index (χ4v) is 5.02. The molecule has 4 rings (SSSR count). The molecule has 9 nitrogen and oxygen atoms in total. The summed E-state index contributed by atoms with van der Waals surface area (Å²) in [5.41, 5.74) is 3.57. The van der Waals surface area contributed by atoms with E-state index in [2.05, 4.69) is 5.16 Å². The third kappa shape index (κ3) is 5.22. The van der Waals surface area contributed by atoms with Crippen LogP contribution in [0.25, 0.3) is 0 Å². The first-order valence-electron chi connectivity index (χ1n) is 11.2. The van der Waals surface area contributed by atoms with Crippen molar-refractivity contribution in [3.63, 3.8) is 0 Å². The zero-order valence-corrected chi connectivity index (χ0v) is 20.6. The van der Waals surface area contributed by atoms with E-state index in [-0.39, 0.29) is 23.7 Å². The fraction of sp³-hybridized carbons (Fsp3) is 0.320. The second-order valence-corrected chi connectivity index (χ2v) is 10.4. The third-order valence-electron chi connectivity index (χ3n) is 5.92. The lowest BCUT2D eigenvalue weighted by molar-refractivity contribution is 0.0474. The number of esters is 1. The molecule has 0 radical (unpaired) electrons. The topological polar surface area (TPSA) is 116 Å². The molecule has 2 aromatic carbocycles. The number of nitrogens with zero attached hydrogens (tertiary/aromatic N) is 2. The number of sulfonamides is 1. The zero-order valence-electron chi connectivity index (χ0n) is 19.7. The number of benzene rings is 2. The van der Waals surface area contributed by atoms with Crippen molar-refractivity contribution < 1.29 is 32.0 Å². The van der Waals surface area contributed by atoms with Crippen LogP contribution in [0.5, 0.6) is 5.75 Å². The van der Waals surface area contributed by atoms with Crippen LogP contribution in [0.3, 0.4) is 0 Å². The minimum atomic E-state index is -3.36. The summed E-state index contributed by atoms with van der Waals surface area (Å²) in [6.07, 6.45) is 0.524. The van der Waals surface area contributed by atoms with Gasteiger partial charge in [0.2, 0.25) is 10.0 Å². The SMILES string of the molecule is CCS(=O)(=O)N1CCc2cc(C(=O)COC(=O)c3cccc(OCc4c(C)noc4C)c3)ccc21. The molecule has 3 aromatic rings. The van der Waals surface area contributed by atoms with Crippen molar-refractivity contribution in [3.05, 3.63) is 76.2 Å². The Hall–Kier alpha value is -3.66. The van der Waals surface area contributed by atoms with E-state index in [1.165, 1.54) is 4.31 Å². The van der Waals surface area contributed by atoms with Gasteiger partial charge in [0.25, 0.3) is 0 Å². The lowest BCUT2D eigenvalue weighted by atomic mass is 10.1. The Labute approximate surface area is 203 Å². The first kappa shape index (κ1) is 24.5. The van der Waals surface area contributed by atoms with Crippen LogP contribution in [0.2, 0.25) is 0 Å². The number of ketones is 1. The molecule has 1 aliphatic rings. The van der Waals surface area contributed by atoms with Crippen LogP contribution in [-0.2, 0) is 27.8 Å². The maximum absolute atomic E-state index is 12.6. The van der Waals surface area contributed by atoms with Gasteiger partial charge in [-0.15, -0.1) is 0 Å². The predicted molar refractivity (Wildman–Crippen MR) is 128 cm³/mol. The minimum absolute atomic E-state index is 0.00906. The number of ether oxygens (including phenoxy) is 2. The third-order valence-corrected chi connectivity index (χ3v) is 7.70. The van der Waals surface area contributed by atoms with E-state index >= 15 is 0 Å². The highest BCUT2D eigenvalue weighted by atomic mass is 32.2. The first-order valence-corrected chi connectivity index (χ1v) is 12.8. The molecule has 0 amide bonds. The Morgan fingerprint density at radius 2 is 1.91 bits per heavy atom. The summed E-state index contributed by atoms with van der Waals surface area (Å²) < 4.78 is 41.9. The highest BCUT2D eigenvalue weighted by Gasteiger charge is 2.28. The van der Waals surface area contributed by atoms with Crippen molar-refractivity contribution in [2.24, 2.45) is 0 Å². The van der Waals surface area contributed by atoms with Gasteiger partial charge >= 0.3 is 5.97 Å². The summed E-state index contributed by atoms with van der Waals surface area (Å²) >= 11 is 0. The lowest BCUT2D eigenvalue weighted by Crippen LogP contribution is -2.30. The summed E-state index contributed by atoms with van der Waals surface area (Å²) in [6.45, 7) is 5.39. The summed E-state index contributed by atoms with van der Waals surface area (Å²) in [5, 5.41) is 3.89. The molecule has 0 saturated heterocycles. The molecule has 184 valence electrons. The van der Waals surface area contributed by atoms with Gasteiger partial charge in [0.15, 0.2) is 12.4 Å². The van der Waals surface area contributed by atoms with E-state index in [9.17, 15) is 18.0 Å². The van der Waals surface area contributed by atoms with E-state index in [4.69, 9.17) is 14.0 Å². The van der Waals surface area contributed by atoms with Gasteiger partial charge in [-0.3, -0.25) is 9.10 Å². The number of rotatable bonds is 9. The average Bonchev–Trinajstić information content (AvgIpc) is 3.43. The lowest BCUT2D eigenvalue weighted by Gasteiger charge is -2.18. The molecule has 0 saturated carbocycles. The Balaban J connectivity index is 1.37. The zero-order chi connectivity index (χ0) is 25.2. The monoisotopic (exact) mass is 498 g/mol. The first-order chi connectivity index (χ1) is 16.7. The molecule has 10 heteroatoms. The van der Waals surface area contributed by atoms with E-state index in [0.717, 1.165) is 16.8 Å². The highest BCUT2D eigenvalue weighted by molar-refractivity contribution is 7.92. The molecule has 0 atom stereocenters. The molecule has 0 unspecified atom stereocenters. The quantitative estimate of drug-likeness (QED) is 0.324. The summed E-state index contributed by atoms with van der Waals surface area (Å²) in [7, 11) is -3.36. The van der Waals surface area contributed by atoms with E-state index < -0.39 is 22.6 Å². The molecule has 1 aliphatic heterocycles. The van der Waals surface area contributed by atoms with Gasteiger partial charge in [-0.25, -0.2) is 13.2 Å². The van der Waals surface area contributed by atoms with Crippen molar-refractivity contribution >= 4 is 27.5 Å². The average molecular weight is 499 g/mol. The van der Waals surface area contributed by atoms with E-state index in [1.54, 1.807) is 56.3 Å². The molecule has 2 heterocycles. The predicted octanol–water partition coefficient (Wildman–Crippen LogP) is 3.62. The number of anilines is 1. The van der Waals surface area contributed by atoms with Crippen molar-refractivity contribution in [2.75, 3.05) is 23.2 Å². The fourth-order valence-electron chi connectivity index (χ4n) is 3.86. The molecule has 0 spiro atoms. The second kappa shape index (κ2) is 9.91. The van der Waals surface area contributed by atoms with Crippen molar-refractivity contribution in [3.8, 4) is 5.75 Å². The smallest absolute Gasteiger partial charge is 0.338 e. The maximum atomic E-state index is 12.6. The molecule has 0 N–H and O–H groups in total. The number of Topliss-reactive ketones (excluding diaryl/α,β-unsaturated/α-hetero) is 1. The largest absolute Gasteiger partial charge is 0.489 e. The van der Waals surface area contributed by atoms with Crippen LogP contribution in [-0.4, -0.2) is 44.2 Å². The van der Waals surface area contributed by atoms with Crippen LogP contribution >= 0.6 is 0 Å². The number of aryl methyl sites for hydroxylation is 2. The number of carbonyl (C=O) groups is 2. The second-order valence-electron chi connectivity index (χ2n) is 8.18. The van der Waals surface area contributed by atoms with Crippen LogP contribution in [0.15, 0.2) is 47.0 Å². The van der Waals surface area contributed by atoms with Crippen LogP contribution < -0.4 is 9.04 Å². The van der Waals surface area contributed by atoms with Crippen molar-refractivity contribution in [1.82, 2.24) is 5.16 Å². The summed E-state index contributed by atoms with van der Waals surface area (Å²) in [4.78, 5) is 25.2. The molecule has 0 aliphatic carbocycles. The van der Waals surface area contributed by atoms with Crippen LogP contribution in [0.1, 0.15) is 50.2 Å². The van der Waals surface area contributed by atoms with Gasteiger partial charge in [0.1, 0.15) is 18.1 Å². The Morgan fingerprint density at radius 3 is 2.63 bits per heavy atom. The molecular weight excluding hydrogens is 472 g/mol. The van der Waals surface area contributed by atoms with Gasteiger partial charge in [-0.2, -0.15) is 0 Å². The van der Waals surface area contributed by atoms with Crippen molar-refractivity contribution in [1.29, 1.82) is 0 Å². The Morgan fingerprint density at radius 1 is 1.11 bits per heavy atom. The Kier molecular flexibility index (Phi) is 6.93.